The van der Waals surface area contributed by atoms with Crippen molar-refractivity contribution in [2.75, 3.05) is 0 Å². The smallest absolute Gasteiger partial charge is 0.00550 e. The maximum absolute atomic E-state index is 3.54. The summed E-state index contributed by atoms with van der Waals surface area (Å²) in [4.78, 5) is 0. The minimum Gasteiger partial charge on any atom is -0.0882 e. The summed E-state index contributed by atoms with van der Waals surface area (Å²) < 4.78 is 2.66. The molecule has 0 amide bonds. The van der Waals surface area contributed by atoms with Crippen LogP contribution in [0.1, 0.15) is 25.7 Å². The predicted octanol–water partition coefficient (Wildman–Crippen LogP) is 4.12. The van der Waals surface area contributed by atoms with Crippen LogP contribution in [-0.2, 0) is 20.4 Å². The van der Waals surface area contributed by atoms with Gasteiger partial charge in [0.1, 0.15) is 0 Å². The molecule has 1 aliphatic rings. The van der Waals surface area contributed by atoms with E-state index < -0.39 is 0 Å². The van der Waals surface area contributed by atoms with Crippen molar-refractivity contribution in [3.63, 3.8) is 0 Å². The molecule has 1 rings (SSSR count). The molecule has 0 heterocycles. The van der Waals surface area contributed by atoms with E-state index in [0.717, 1.165) is 25.7 Å². The molecule has 11 heavy (non-hydrogen) atoms. The summed E-state index contributed by atoms with van der Waals surface area (Å²) in [7, 11) is 0. The summed E-state index contributed by atoms with van der Waals surface area (Å²) >= 11 is 7.07. The Balaban J connectivity index is 0.000001000. The van der Waals surface area contributed by atoms with Crippen LogP contribution in [0, 0.1) is 0 Å². The predicted molar refractivity (Wildman–Crippen MR) is 52.5 cm³/mol. The Morgan fingerprint density at radius 2 is 1.27 bits per heavy atom. The van der Waals surface area contributed by atoms with Crippen molar-refractivity contribution in [1.82, 2.24) is 0 Å². The summed E-state index contributed by atoms with van der Waals surface area (Å²) in [5.74, 6) is 0. The van der Waals surface area contributed by atoms with Crippen LogP contribution in [0.3, 0.4) is 0 Å². The molecule has 0 saturated heterocycles. The van der Waals surface area contributed by atoms with Crippen molar-refractivity contribution >= 4 is 31.9 Å². The van der Waals surface area contributed by atoms with E-state index in [0.29, 0.717) is 0 Å². The Bertz CT molecular complexity index is 155. The Kier molecular flexibility index (Phi) is 7.26. The summed E-state index contributed by atoms with van der Waals surface area (Å²) in [6.45, 7) is 0. The van der Waals surface area contributed by atoms with Crippen LogP contribution in [0.4, 0.5) is 0 Å². The Hall–Kier alpha value is 1.10. The van der Waals surface area contributed by atoms with Gasteiger partial charge >= 0.3 is 0 Å². The van der Waals surface area contributed by atoms with Crippen molar-refractivity contribution in [3.8, 4) is 0 Å². The molecule has 0 N–H and O–H groups in total. The van der Waals surface area contributed by atoms with Crippen LogP contribution in [-0.4, -0.2) is 0 Å². The van der Waals surface area contributed by atoms with E-state index >= 15 is 0 Å². The largest absolute Gasteiger partial charge is 0.0882 e. The first-order chi connectivity index (χ1) is 4.80. The number of allylic oxidation sites excluding steroid dienone is 4. The van der Waals surface area contributed by atoms with Gasteiger partial charge in [-0.05, 0) is 25.7 Å². The SMILES string of the molecule is BrC1=C(Br)CCC=CCC1.[Pd]. The zero-order valence-corrected chi connectivity index (χ0v) is 10.8. The maximum Gasteiger partial charge on any atom is 0.00550 e. The van der Waals surface area contributed by atoms with E-state index in [1.807, 2.05) is 0 Å². The van der Waals surface area contributed by atoms with Gasteiger partial charge in [-0.15, -0.1) is 0 Å². The molecule has 66 valence electrons. The molecule has 0 aliphatic heterocycles. The van der Waals surface area contributed by atoms with Crippen molar-refractivity contribution < 1.29 is 20.4 Å². The zero-order valence-electron chi connectivity index (χ0n) is 6.06. The quantitative estimate of drug-likeness (QED) is 0.443. The van der Waals surface area contributed by atoms with Gasteiger partial charge in [-0.25, -0.2) is 0 Å². The monoisotopic (exact) mass is 370 g/mol. The molecule has 0 fully saturated rings. The average Bonchev–Trinajstić information content (AvgIpc) is 1.92. The number of halogens is 2. The molecule has 0 aromatic carbocycles. The molecule has 0 aromatic rings. The molecular weight excluding hydrogens is 362 g/mol. The number of rotatable bonds is 0. The minimum absolute atomic E-state index is 0. The van der Waals surface area contributed by atoms with Crippen molar-refractivity contribution in [1.29, 1.82) is 0 Å². The first-order valence-corrected chi connectivity index (χ1v) is 5.07. The summed E-state index contributed by atoms with van der Waals surface area (Å²) in [6, 6.07) is 0. The third kappa shape index (κ3) is 4.63. The van der Waals surface area contributed by atoms with Crippen molar-refractivity contribution in [2.45, 2.75) is 25.7 Å². The first kappa shape index (κ1) is 12.1. The fourth-order valence-corrected chi connectivity index (χ4v) is 1.78. The van der Waals surface area contributed by atoms with Crippen molar-refractivity contribution in [3.05, 3.63) is 21.1 Å². The molecule has 0 radical (unpaired) electrons. The number of hydrogen-bond donors (Lipinski definition) is 0. The molecular formula is C8H10Br2Pd. The van der Waals surface area contributed by atoms with Gasteiger partial charge in [0.05, 0.1) is 0 Å². The van der Waals surface area contributed by atoms with Crippen molar-refractivity contribution in [2.24, 2.45) is 0 Å². The van der Waals surface area contributed by atoms with E-state index in [1.165, 1.54) is 8.96 Å². The third-order valence-electron chi connectivity index (χ3n) is 1.52. The fraction of sp³-hybridized carbons (Fsp3) is 0.500. The van der Waals surface area contributed by atoms with Gasteiger partial charge in [-0.2, -0.15) is 0 Å². The van der Waals surface area contributed by atoms with E-state index in [-0.39, 0.29) is 20.4 Å². The van der Waals surface area contributed by atoms with Crippen LogP contribution in [0.25, 0.3) is 0 Å². The van der Waals surface area contributed by atoms with Gasteiger partial charge in [-0.1, -0.05) is 44.0 Å². The van der Waals surface area contributed by atoms with Gasteiger partial charge in [0.15, 0.2) is 0 Å². The Morgan fingerprint density at radius 3 is 1.64 bits per heavy atom. The van der Waals surface area contributed by atoms with Gasteiger partial charge in [-0.3, -0.25) is 0 Å². The second-order valence-electron chi connectivity index (χ2n) is 2.36. The first-order valence-electron chi connectivity index (χ1n) is 3.48. The standard InChI is InChI=1S/C8H10Br2.Pd/c9-7-5-3-1-2-4-6-8(7)10;/h1-2H,3-6H2;. The molecule has 0 unspecified atom stereocenters. The van der Waals surface area contributed by atoms with E-state index in [1.54, 1.807) is 0 Å². The minimum atomic E-state index is 0. The molecule has 0 bridgehead atoms. The fourth-order valence-electron chi connectivity index (χ4n) is 0.927. The Labute approximate surface area is 98.4 Å². The topological polar surface area (TPSA) is 0 Å². The van der Waals surface area contributed by atoms with Crippen LogP contribution < -0.4 is 0 Å². The van der Waals surface area contributed by atoms with E-state index in [9.17, 15) is 0 Å². The van der Waals surface area contributed by atoms with Gasteiger partial charge in [0, 0.05) is 29.4 Å². The molecule has 0 nitrogen and oxygen atoms in total. The van der Waals surface area contributed by atoms with Crippen LogP contribution in [0.15, 0.2) is 21.1 Å². The molecule has 0 saturated carbocycles. The maximum atomic E-state index is 3.54. The molecule has 1 aliphatic carbocycles. The molecule has 3 heteroatoms. The third-order valence-corrected chi connectivity index (χ3v) is 3.80. The van der Waals surface area contributed by atoms with E-state index in [4.69, 9.17) is 0 Å². The van der Waals surface area contributed by atoms with Crippen LogP contribution >= 0.6 is 31.9 Å². The molecule has 0 spiro atoms. The Morgan fingerprint density at radius 1 is 0.909 bits per heavy atom. The zero-order chi connectivity index (χ0) is 7.40. The van der Waals surface area contributed by atoms with E-state index in [2.05, 4.69) is 44.0 Å². The summed E-state index contributed by atoms with van der Waals surface area (Å²) in [6.07, 6.45) is 9.10. The van der Waals surface area contributed by atoms with Crippen LogP contribution in [0.2, 0.25) is 0 Å². The normalized spacial score (nSPS) is 18.7. The van der Waals surface area contributed by atoms with Gasteiger partial charge in [0.2, 0.25) is 0 Å². The summed E-state index contributed by atoms with van der Waals surface area (Å²) in [5.41, 5.74) is 0. The van der Waals surface area contributed by atoms with Gasteiger partial charge in [0.25, 0.3) is 0 Å². The summed E-state index contributed by atoms with van der Waals surface area (Å²) in [5, 5.41) is 0. The molecule has 0 atom stereocenters. The average molecular weight is 372 g/mol. The van der Waals surface area contributed by atoms with Gasteiger partial charge < -0.3 is 0 Å². The second kappa shape index (κ2) is 6.60. The number of hydrogen-bond acceptors (Lipinski definition) is 0. The molecule has 0 aromatic heterocycles. The second-order valence-corrected chi connectivity index (χ2v) is 4.27. The van der Waals surface area contributed by atoms with Crippen LogP contribution in [0.5, 0.6) is 0 Å².